The molecular weight excluding hydrogens is 258 g/mol. The minimum absolute atomic E-state index is 0.0436. The predicted octanol–water partition coefficient (Wildman–Crippen LogP) is 2.24. The van der Waals surface area contributed by atoms with Crippen molar-refractivity contribution in [1.82, 2.24) is 5.32 Å². The molecule has 0 aromatic carbocycles. The smallest absolute Gasteiger partial charge is 0.252 e. The number of halogens is 1. The standard InChI is InChI=1S/C11H20BrNO2/c1-9(5-3-7-12)13-10(14)11(2)6-4-8-15-11/h9H,3-8H2,1-2H3,(H,13,14). The lowest BCUT2D eigenvalue weighted by molar-refractivity contribution is -0.140. The highest BCUT2D eigenvalue weighted by Crippen LogP contribution is 2.25. The van der Waals surface area contributed by atoms with Crippen LogP contribution >= 0.6 is 15.9 Å². The minimum atomic E-state index is -0.581. The lowest BCUT2D eigenvalue weighted by Crippen LogP contribution is -2.47. The first-order chi connectivity index (χ1) is 7.08. The van der Waals surface area contributed by atoms with E-state index in [0.717, 1.165) is 31.0 Å². The zero-order valence-corrected chi connectivity index (χ0v) is 11.1. The van der Waals surface area contributed by atoms with Gasteiger partial charge in [-0.3, -0.25) is 4.79 Å². The van der Waals surface area contributed by atoms with E-state index in [1.165, 1.54) is 0 Å². The normalized spacial score (nSPS) is 27.7. The van der Waals surface area contributed by atoms with Crippen LogP contribution in [0.3, 0.4) is 0 Å². The molecule has 1 saturated heterocycles. The molecule has 0 bridgehead atoms. The second kappa shape index (κ2) is 5.85. The maximum atomic E-state index is 11.9. The van der Waals surface area contributed by atoms with Crippen molar-refractivity contribution in [3.8, 4) is 0 Å². The van der Waals surface area contributed by atoms with Crippen molar-refractivity contribution in [2.24, 2.45) is 0 Å². The Balaban J connectivity index is 2.34. The predicted molar refractivity (Wildman–Crippen MR) is 64.2 cm³/mol. The van der Waals surface area contributed by atoms with Gasteiger partial charge >= 0.3 is 0 Å². The van der Waals surface area contributed by atoms with Gasteiger partial charge in [-0.05, 0) is 39.5 Å². The Morgan fingerprint density at radius 3 is 2.93 bits per heavy atom. The summed E-state index contributed by atoms with van der Waals surface area (Å²) in [5.74, 6) is 0.0436. The fraction of sp³-hybridized carbons (Fsp3) is 0.909. The second-order valence-corrected chi connectivity index (χ2v) is 5.18. The molecule has 0 aromatic heterocycles. The summed E-state index contributed by atoms with van der Waals surface area (Å²) in [7, 11) is 0. The van der Waals surface area contributed by atoms with E-state index in [2.05, 4.69) is 21.2 Å². The Kier molecular flexibility index (Phi) is 5.06. The van der Waals surface area contributed by atoms with Crippen LogP contribution in [0.2, 0.25) is 0 Å². The van der Waals surface area contributed by atoms with Crippen LogP contribution in [-0.4, -0.2) is 29.5 Å². The first-order valence-corrected chi connectivity index (χ1v) is 6.71. The highest BCUT2D eigenvalue weighted by Gasteiger charge is 2.37. The van der Waals surface area contributed by atoms with E-state index in [9.17, 15) is 4.79 Å². The van der Waals surface area contributed by atoms with Gasteiger partial charge in [0.05, 0.1) is 0 Å². The van der Waals surface area contributed by atoms with E-state index in [4.69, 9.17) is 4.74 Å². The number of rotatable bonds is 5. The fourth-order valence-electron chi connectivity index (χ4n) is 1.79. The largest absolute Gasteiger partial charge is 0.365 e. The first kappa shape index (κ1) is 13.0. The molecule has 1 heterocycles. The molecule has 15 heavy (non-hydrogen) atoms. The van der Waals surface area contributed by atoms with Crippen LogP contribution in [0.25, 0.3) is 0 Å². The number of hydrogen-bond acceptors (Lipinski definition) is 2. The lowest BCUT2D eigenvalue weighted by atomic mass is 10.0. The molecule has 0 aromatic rings. The van der Waals surface area contributed by atoms with Gasteiger partial charge < -0.3 is 10.1 Å². The molecule has 1 aliphatic rings. The Morgan fingerprint density at radius 1 is 1.67 bits per heavy atom. The number of carbonyl (C=O) groups is 1. The van der Waals surface area contributed by atoms with Crippen molar-refractivity contribution in [2.75, 3.05) is 11.9 Å². The molecule has 0 spiro atoms. The average Bonchev–Trinajstić information content (AvgIpc) is 2.63. The molecule has 88 valence electrons. The van der Waals surface area contributed by atoms with Gasteiger partial charge in [0.25, 0.3) is 5.91 Å². The second-order valence-electron chi connectivity index (χ2n) is 4.39. The average molecular weight is 278 g/mol. The number of nitrogens with one attached hydrogen (secondary N) is 1. The molecule has 4 heteroatoms. The molecule has 0 aliphatic carbocycles. The van der Waals surface area contributed by atoms with Gasteiger partial charge in [0, 0.05) is 18.0 Å². The van der Waals surface area contributed by atoms with Crippen LogP contribution in [0.4, 0.5) is 0 Å². The quantitative estimate of drug-likeness (QED) is 0.783. The summed E-state index contributed by atoms with van der Waals surface area (Å²) in [5.41, 5.74) is -0.581. The molecule has 0 radical (unpaired) electrons. The van der Waals surface area contributed by atoms with Crippen molar-refractivity contribution in [1.29, 1.82) is 0 Å². The third kappa shape index (κ3) is 3.76. The van der Waals surface area contributed by atoms with Crippen LogP contribution in [-0.2, 0) is 9.53 Å². The van der Waals surface area contributed by atoms with Gasteiger partial charge in [-0.2, -0.15) is 0 Å². The molecule has 1 N–H and O–H groups in total. The summed E-state index contributed by atoms with van der Waals surface area (Å²) in [4.78, 5) is 11.9. The topological polar surface area (TPSA) is 38.3 Å². The highest BCUT2D eigenvalue weighted by molar-refractivity contribution is 9.09. The van der Waals surface area contributed by atoms with Crippen molar-refractivity contribution >= 4 is 21.8 Å². The number of alkyl halides is 1. The first-order valence-electron chi connectivity index (χ1n) is 5.59. The summed E-state index contributed by atoms with van der Waals surface area (Å²) in [6.07, 6.45) is 3.91. The van der Waals surface area contributed by atoms with Gasteiger partial charge in [0.2, 0.25) is 0 Å². The van der Waals surface area contributed by atoms with E-state index in [1.807, 2.05) is 13.8 Å². The van der Waals surface area contributed by atoms with Crippen LogP contribution in [0.15, 0.2) is 0 Å². The van der Waals surface area contributed by atoms with Gasteiger partial charge in [0.15, 0.2) is 0 Å². The zero-order valence-electron chi connectivity index (χ0n) is 9.51. The molecule has 2 unspecified atom stereocenters. The number of hydrogen-bond donors (Lipinski definition) is 1. The van der Waals surface area contributed by atoms with Crippen LogP contribution in [0.1, 0.15) is 39.5 Å². The van der Waals surface area contributed by atoms with Crippen molar-refractivity contribution < 1.29 is 9.53 Å². The van der Waals surface area contributed by atoms with Crippen molar-refractivity contribution in [2.45, 2.75) is 51.2 Å². The van der Waals surface area contributed by atoms with E-state index in [-0.39, 0.29) is 11.9 Å². The minimum Gasteiger partial charge on any atom is -0.365 e. The van der Waals surface area contributed by atoms with E-state index in [0.29, 0.717) is 6.61 Å². The summed E-state index contributed by atoms with van der Waals surface area (Å²) in [5, 5.41) is 4.00. The Hall–Kier alpha value is -0.0900. The molecule has 0 saturated carbocycles. The zero-order chi connectivity index (χ0) is 11.3. The maximum absolute atomic E-state index is 11.9. The van der Waals surface area contributed by atoms with Gasteiger partial charge in [0.1, 0.15) is 5.60 Å². The Bertz CT molecular complexity index is 215. The van der Waals surface area contributed by atoms with E-state index in [1.54, 1.807) is 0 Å². The summed E-state index contributed by atoms with van der Waals surface area (Å²) >= 11 is 3.38. The van der Waals surface area contributed by atoms with Gasteiger partial charge in [-0.1, -0.05) is 15.9 Å². The third-order valence-corrected chi connectivity index (χ3v) is 3.41. The van der Waals surface area contributed by atoms with Crippen LogP contribution in [0, 0.1) is 0 Å². The summed E-state index contributed by atoms with van der Waals surface area (Å²) < 4.78 is 5.49. The summed E-state index contributed by atoms with van der Waals surface area (Å²) in [6.45, 7) is 4.63. The molecule has 1 aliphatic heterocycles. The van der Waals surface area contributed by atoms with Gasteiger partial charge in [-0.25, -0.2) is 0 Å². The number of amides is 1. The highest BCUT2D eigenvalue weighted by atomic mass is 79.9. The number of ether oxygens (including phenoxy) is 1. The van der Waals surface area contributed by atoms with Crippen LogP contribution in [0.5, 0.6) is 0 Å². The third-order valence-electron chi connectivity index (χ3n) is 2.85. The molecule has 3 nitrogen and oxygen atoms in total. The Morgan fingerprint density at radius 2 is 2.40 bits per heavy atom. The monoisotopic (exact) mass is 277 g/mol. The molecular formula is C11H20BrNO2. The van der Waals surface area contributed by atoms with Gasteiger partial charge in [-0.15, -0.1) is 0 Å². The van der Waals surface area contributed by atoms with E-state index < -0.39 is 5.60 Å². The molecule has 1 amide bonds. The fourth-order valence-corrected chi connectivity index (χ4v) is 2.11. The van der Waals surface area contributed by atoms with Crippen molar-refractivity contribution in [3.63, 3.8) is 0 Å². The van der Waals surface area contributed by atoms with Crippen LogP contribution < -0.4 is 5.32 Å². The Labute approximate surface area is 100 Å². The van der Waals surface area contributed by atoms with E-state index >= 15 is 0 Å². The summed E-state index contributed by atoms with van der Waals surface area (Å²) in [6, 6.07) is 0.232. The lowest BCUT2D eigenvalue weighted by Gasteiger charge is -2.24. The maximum Gasteiger partial charge on any atom is 0.252 e. The SMILES string of the molecule is CC(CCCBr)NC(=O)C1(C)CCCO1. The molecule has 1 rings (SSSR count). The van der Waals surface area contributed by atoms with Crippen molar-refractivity contribution in [3.05, 3.63) is 0 Å². The molecule has 2 atom stereocenters. The molecule has 1 fully saturated rings. The number of carbonyl (C=O) groups excluding carboxylic acids is 1.